The maximum Gasteiger partial charge on any atom is 0.252 e. The van der Waals surface area contributed by atoms with Gasteiger partial charge >= 0.3 is 0 Å². The Labute approximate surface area is 194 Å². The number of carbonyl (C=O) groups is 1. The summed E-state index contributed by atoms with van der Waals surface area (Å²) in [6.45, 7) is 0. The van der Waals surface area contributed by atoms with Crippen molar-refractivity contribution in [1.82, 2.24) is 4.68 Å². The average molecular weight is 459 g/mol. The number of aromatic hydroxyl groups is 1. The molecule has 0 atom stereocenters. The number of nitrogens with zero attached hydrogens (tertiary/aromatic N) is 3. The minimum atomic E-state index is -0.692. The number of amides is 1. The first-order valence-corrected chi connectivity index (χ1v) is 11.4. The number of fused-ring (bicyclic) bond motifs is 1. The largest absolute Gasteiger partial charge is 0.507 e. The molecule has 1 aromatic heterocycles. The second-order valence-corrected chi connectivity index (χ2v) is 8.66. The topological polar surface area (TPSA) is 102 Å². The zero-order valence-electron chi connectivity index (χ0n) is 17.9. The summed E-state index contributed by atoms with van der Waals surface area (Å²) >= 11 is 1.48. The molecule has 1 saturated carbocycles. The Kier molecular flexibility index (Phi) is 5.43. The summed E-state index contributed by atoms with van der Waals surface area (Å²) in [6, 6.07) is 17.1. The minimum Gasteiger partial charge on any atom is -0.507 e. The van der Waals surface area contributed by atoms with Crippen molar-refractivity contribution in [3.63, 3.8) is 0 Å². The predicted molar refractivity (Wildman–Crippen MR) is 130 cm³/mol. The lowest BCUT2D eigenvalue weighted by Crippen LogP contribution is -2.14. The second-order valence-electron chi connectivity index (χ2n) is 7.82. The number of rotatable bonds is 6. The molecular weight excluding hydrogens is 436 g/mol. The number of methoxy groups -OCH3 is 1. The monoisotopic (exact) mass is 458 g/mol. The van der Waals surface area contributed by atoms with E-state index >= 15 is 0 Å². The van der Waals surface area contributed by atoms with Crippen molar-refractivity contribution in [2.45, 2.75) is 18.9 Å². The molecule has 0 bridgehead atoms. The van der Waals surface area contributed by atoms with Crippen LogP contribution in [0.1, 0.15) is 28.8 Å². The normalized spacial score (nSPS) is 14.3. The molecule has 1 heterocycles. The standard InChI is InChI=1S/C25H22N4O3S/c1-32-23-11-7-15-4-2-3-5-18(15)20(23)13-27-29-21(14-33-25(29)28-17-8-9-17)16-6-10-22(30)19(12-16)24(26)31/h2-7,10-14,17,30H,8-9H2,1H3,(H2,26,31)/b27-13+,28-25?. The number of thiazole rings is 1. The molecule has 0 saturated heterocycles. The molecule has 7 nitrogen and oxygen atoms in total. The van der Waals surface area contributed by atoms with E-state index < -0.39 is 5.91 Å². The molecule has 4 aromatic rings. The smallest absolute Gasteiger partial charge is 0.252 e. The van der Waals surface area contributed by atoms with E-state index in [2.05, 4.69) is 0 Å². The first-order chi connectivity index (χ1) is 16.0. The van der Waals surface area contributed by atoms with Crippen LogP contribution in [0.3, 0.4) is 0 Å². The molecule has 1 fully saturated rings. The molecule has 5 rings (SSSR count). The van der Waals surface area contributed by atoms with Crippen LogP contribution < -0.4 is 15.3 Å². The molecule has 0 unspecified atom stereocenters. The molecule has 3 N–H and O–H groups in total. The number of carbonyl (C=O) groups excluding carboxylic acids is 1. The van der Waals surface area contributed by atoms with E-state index in [4.69, 9.17) is 20.6 Å². The third-order valence-electron chi connectivity index (χ3n) is 5.54. The van der Waals surface area contributed by atoms with Crippen LogP contribution in [0.5, 0.6) is 11.5 Å². The van der Waals surface area contributed by atoms with Crippen molar-refractivity contribution < 1.29 is 14.6 Å². The number of nitrogens with two attached hydrogens (primary N) is 1. The van der Waals surface area contributed by atoms with Crippen molar-refractivity contribution in [3.05, 3.63) is 75.9 Å². The van der Waals surface area contributed by atoms with E-state index in [-0.39, 0.29) is 11.3 Å². The van der Waals surface area contributed by atoms with Gasteiger partial charge in [0.15, 0.2) is 0 Å². The third-order valence-corrected chi connectivity index (χ3v) is 6.37. The van der Waals surface area contributed by atoms with Gasteiger partial charge in [-0.05, 0) is 47.9 Å². The van der Waals surface area contributed by atoms with E-state index in [0.717, 1.165) is 45.4 Å². The van der Waals surface area contributed by atoms with Gasteiger partial charge in [0, 0.05) is 16.5 Å². The molecule has 0 spiro atoms. The van der Waals surface area contributed by atoms with Crippen LogP contribution in [0.15, 0.2) is 70.1 Å². The van der Waals surface area contributed by atoms with Gasteiger partial charge in [0.1, 0.15) is 11.5 Å². The molecule has 1 amide bonds. The van der Waals surface area contributed by atoms with Crippen LogP contribution in [0.2, 0.25) is 0 Å². The summed E-state index contributed by atoms with van der Waals surface area (Å²) in [5.41, 5.74) is 7.81. The number of benzene rings is 3. The number of hydrogen-bond donors (Lipinski definition) is 2. The van der Waals surface area contributed by atoms with Crippen LogP contribution in [0.25, 0.3) is 22.0 Å². The highest BCUT2D eigenvalue weighted by atomic mass is 32.1. The summed E-state index contributed by atoms with van der Waals surface area (Å²) in [4.78, 5) is 17.3. The zero-order chi connectivity index (χ0) is 22.9. The highest BCUT2D eigenvalue weighted by molar-refractivity contribution is 7.07. The van der Waals surface area contributed by atoms with Gasteiger partial charge in [0.2, 0.25) is 4.80 Å². The van der Waals surface area contributed by atoms with Crippen molar-refractivity contribution in [2.24, 2.45) is 15.8 Å². The van der Waals surface area contributed by atoms with Gasteiger partial charge < -0.3 is 15.6 Å². The molecule has 8 heteroatoms. The highest BCUT2D eigenvalue weighted by Crippen LogP contribution is 2.29. The molecule has 33 heavy (non-hydrogen) atoms. The van der Waals surface area contributed by atoms with Gasteiger partial charge in [-0.1, -0.05) is 30.3 Å². The maximum absolute atomic E-state index is 11.8. The van der Waals surface area contributed by atoms with Gasteiger partial charge in [0.25, 0.3) is 5.91 Å². The maximum atomic E-state index is 11.8. The first-order valence-electron chi connectivity index (χ1n) is 10.5. The predicted octanol–water partition coefficient (Wildman–Crippen LogP) is 4.13. The van der Waals surface area contributed by atoms with E-state index in [9.17, 15) is 9.90 Å². The van der Waals surface area contributed by atoms with Crippen LogP contribution in [0, 0.1) is 0 Å². The van der Waals surface area contributed by atoms with E-state index in [1.807, 2.05) is 41.8 Å². The van der Waals surface area contributed by atoms with Crippen molar-refractivity contribution in [2.75, 3.05) is 7.11 Å². The molecule has 1 aliphatic rings. The fourth-order valence-corrected chi connectivity index (χ4v) is 4.56. The van der Waals surface area contributed by atoms with Crippen molar-refractivity contribution >= 4 is 34.2 Å². The lowest BCUT2D eigenvalue weighted by atomic mass is 10.0. The van der Waals surface area contributed by atoms with E-state index in [0.29, 0.717) is 11.6 Å². The molecule has 3 aromatic carbocycles. The SMILES string of the molecule is COc1ccc2ccccc2c1/C=N/n1c(-c2ccc(O)c(C(N)=O)c2)csc1=NC1CC1. The van der Waals surface area contributed by atoms with Gasteiger partial charge in [-0.2, -0.15) is 5.10 Å². The Morgan fingerprint density at radius 3 is 2.79 bits per heavy atom. The quantitative estimate of drug-likeness (QED) is 0.425. The summed E-state index contributed by atoms with van der Waals surface area (Å²) < 4.78 is 7.36. The molecule has 0 aliphatic heterocycles. The average Bonchev–Trinajstić information content (AvgIpc) is 3.56. The summed E-state index contributed by atoms with van der Waals surface area (Å²) in [6.07, 6.45) is 3.91. The number of phenols is 1. The van der Waals surface area contributed by atoms with E-state index in [1.165, 1.54) is 17.4 Å². The Bertz CT molecular complexity index is 1460. The van der Waals surface area contributed by atoms with Crippen LogP contribution >= 0.6 is 11.3 Å². The van der Waals surface area contributed by atoms with E-state index in [1.54, 1.807) is 30.1 Å². The molecular formula is C25H22N4O3S. The fourth-order valence-electron chi connectivity index (χ4n) is 3.65. The van der Waals surface area contributed by atoms with Crippen molar-refractivity contribution in [3.8, 4) is 22.8 Å². The summed E-state index contributed by atoms with van der Waals surface area (Å²) in [5, 5.41) is 18.8. The Morgan fingerprint density at radius 1 is 1.21 bits per heavy atom. The number of aromatic nitrogens is 1. The highest BCUT2D eigenvalue weighted by Gasteiger charge is 2.21. The lowest BCUT2D eigenvalue weighted by Gasteiger charge is -2.09. The van der Waals surface area contributed by atoms with Crippen LogP contribution in [-0.4, -0.2) is 35.1 Å². The molecule has 1 aliphatic carbocycles. The summed E-state index contributed by atoms with van der Waals surface area (Å²) in [7, 11) is 1.64. The number of hydrogen-bond acceptors (Lipinski definition) is 6. The van der Waals surface area contributed by atoms with Gasteiger partial charge in [0.05, 0.1) is 30.6 Å². The minimum absolute atomic E-state index is 0.0608. The summed E-state index contributed by atoms with van der Waals surface area (Å²) in [5.74, 6) is -0.126. The van der Waals surface area contributed by atoms with Crippen molar-refractivity contribution in [1.29, 1.82) is 0 Å². The van der Waals surface area contributed by atoms with Gasteiger partial charge in [-0.25, -0.2) is 4.68 Å². The first kappa shape index (κ1) is 21.0. The fraction of sp³-hybridized carbons (Fsp3) is 0.160. The molecule has 0 radical (unpaired) electrons. The number of ether oxygens (including phenoxy) is 1. The zero-order valence-corrected chi connectivity index (χ0v) is 18.7. The van der Waals surface area contributed by atoms with Gasteiger partial charge in [-0.3, -0.25) is 9.79 Å². The molecule has 166 valence electrons. The Hall–Kier alpha value is -3.91. The van der Waals surface area contributed by atoms with Crippen LogP contribution in [0.4, 0.5) is 0 Å². The Balaban J connectivity index is 1.67. The second kappa shape index (κ2) is 8.55. The lowest BCUT2D eigenvalue weighted by molar-refractivity contribution is 0.0998. The Morgan fingerprint density at radius 2 is 2.03 bits per heavy atom. The van der Waals surface area contributed by atoms with Crippen LogP contribution in [-0.2, 0) is 0 Å². The van der Waals surface area contributed by atoms with Gasteiger partial charge in [-0.15, -0.1) is 11.3 Å². The number of primary amides is 1. The third kappa shape index (κ3) is 4.12.